The number of ether oxygens (including phenoxy) is 2. The van der Waals surface area contributed by atoms with Gasteiger partial charge in [-0.2, -0.15) is 10.2 Å². The summed E-state index contributed by atoms with van der Waals surface area (Å²) in [6, 6.07) is 13.0. The number of nitrogens with zero attached hydrogens (tertiary/aromatic N) is 5. The van der Waals surface area contributed by atoms with Crippen molar-refractivity contribution in [1.29, 1.82) is 0 Å². The number of pyridine rings is 1. The molecule has 0 radical (unpaired) electrons. The monoisotopic (exact) mass is 488 g/mol. The lowest BCUT2D eigenvalue weighted by Gasteiger charge is -2.16. The van der Waals surface area contributed by atoms with E-state index in [1.165, 1.54) is 6.33 Å². The van der Waals surface area contributed by atoms with Gasteiger partial charge in [0, 0.05) is 30.3 Å². The van der Waals surface area contributed by atoms with Crippen LogP contribution in [0.1, 0.15) is 11.8 Å². The lowest BCUT2D eigenvalue weighted by atomic mass is 10.1. The SMILES string of the molecule is CNc1ccc2ccc(OC[C@H]3O[C@@H](c4cc(-c5ccn[nH]5)c5c(N)ncnn45)[C@H](O)[C@@H]3O)cc2n1. The molecule has 0 amide bonds. The molecular weight excluding hydrogens is 464 g/mol. The summed E-state index contributed by atoms with van der Waals surface area (Å²) in [6.45, 7) is 0.0276. The Morgan fingerprint density at radius 1 is 1.17 bits per heavy atom. The summed E-state index contributed by atoms with van der Waals surface area (Å²) in [5.74, 6) is 1.59. The number of H-pyrrole nitrogens is 1. The predicted molar refractivity (Wildman–Crippen MR) is 131 cm³/mol. The number of aliphatic hydroxyl groups is 2. The van der Waals surface area contributed by atoms with E-state index in [0.29, 0.717) is 28.2 Å². The number of nitrogens with one attached hydrogen (secondary N) is 2. The minimum atomic E-state index is -1.21. The van der Waals surface area contributed by atoms with Crippen molar-refractivity contribution in [2.45, 2.75) is 24.4 Å². The maximum Gasteiger partial charge on any atom is 0.152 e. The smallest absolute Gasteiger partial charge is 0.152 e. The molecule has 1 aromatic carbocycles. The Morgan fingerprint density at radius 3 is 2.83 bits per heavy atom. The van der Waals surface area contributed by atoms with Gasteiger partial charge in [0.15, 0.2) is 5.82 Å². The number of nitrogen functional groups attached to an aromatic ring is 1. The lowest BCUT2D eigenvalue weighted by molar-refractivity contribution is -0.0187. The summed E-state index contributed by atoms with van der Waals surface area (Å²) in [4.78, 5) is 8.62. The highest BCUT2D eigenvalue weighted by molar-refractivity contribution is 5.87. The molecule has 0 unspecified atom stereocenters. The summed E-state index contributed by atoms with van der Waals surface area (Å²) in [7, 11) is 1.81. The van der Waals surface area contributed by atoms with Crippen LogP contribution in [0.2, 0.25) is 0 Å². The Bertz CT molecular complexity index is 1540. The van der Waals surface area contributed by atoms with E-state index < -0.39 is 24.4 Å². The van der Waals surface area contributed by atoms with Crippen molar-refractivity contribution < 1.29 is 19.7 Å². The summed E-state index contributed by atoms with van der Waals surface area (Å²) < 4.78 is 13.6. The third-order valence-corrected chi connectivity index (χ3v) is 6.39. The maximum atomic E-state index is 10.9. The van der Waals surface area contributed by atoms with E-state index in [1.54, 1.807) is 22.8 Å². The van der Waals surface area contributed by atoms with E-state index in [1.807, 2.05) is 37.4 Å². The van der Waals surface area contributed by atoms with E-state index in [0.717, 1.165) is 16.7 Å². The molecule has 6 rings (SSSR count). The van der Waals surface area contributed by atoms with Crippen LogP contribution < -0.4 is 15.8 Å². The van der Waals surface area contributed by atoms with Crippen molar-refractivity contribution in [3.8, 4) is 17.0 Å². The zero-order chi connectivity index (χ0) is 24.8. The average Bonchev–Trinajstić information content (AvgIpc) is 3.62. The minimum absolute atomic E-state index is 0.0276. The van der Waals surface area contributed by atoms with Gasteiger partial charge in [0.2, 0.25) is 0 Å². The summed E-state index contributed by atoms with van der Waals surface area (Å²) in [5, 5.41) is 36.9. The molecule has 12 heteroatoms. The number of fused-ring (bicyclic) bond motifs is 2. The van der Waals surface area contributed by atoms with Gasteiger partial charge < -0.3 is 30.7 Å². The normalized spacial score (nSPS) is 21.9. The maximum absolute atomic E-state index is 10.9. The molecule has 6 N–H and O–H groups in total. The van der Waals surface area contributed by atoms with Gasteiger partial charge in [0.25, 0.3) is 0 Å². The van der Waals surface area contributed by atoms with Crippen LogP contribution in [-0.2, 0) is 4.74 Å². The number of aliphatic hydroxyl groups excluding tert-OH is 2. The number of rotatable bonds is 6. The Kier molecular flexibility index (Phi) is 5.40. The largest absolute Gasteiger partial charge is 0.491 e. The van der Waals surface area contributed by atoms with Crippen LogP contribution in [-0.4, -0.2) is 72.0 Å². The Balaban J connectivity index is 1.26. The average molecular weight is 489 g/mol. The molecule has 4 atom stereocenters. The molecule has 0 aliphatic carbocycles. The fraction of sp³-hybridized carbons (Fsp3) is 0.250. The molecule has 1 fully saturated rings. The number of nitrogens with two attached hydrogens (primary N) is 1. The molecule has 36 heavy (non-hydrogen) atoms. The number of aromatic amines is 1. The zero-order valence-corrected chi connectivity index (χ0v) is 19.2. The Labute approximate surface area is 204 Å². The van der Waals surface area contributed by atoms with E-state index in [-0.39, 0.29) is 12.4 Å². The molecule has 12 nitrogen and oxygen atoms in total. The van der Waals surface area contributed by atoms with Crippen LogP contribution in [0.15, 0.2) is 55.0 Å². The first-order chi connectivity index (χ1) is 17.5. The quantitative estimate of drug-likeness (QED) is 0.236. The third kappa shape index (κ3) is 3.68. The van der Waals surface area contributed by atoms with E-state index >= 15 is 0 Å². The summed E-state index contributed by atoms with van der Waals surface area (Å²) >= 11 is 0. The topological polar surface area (TPSA) is 169 Å². The fourth-order valence-corrected chi connectivity index (χ4v) is 4.54. The number of hydrogen-bond donors (Lipinski definition) is 5. The molecule has 4 aromatic heterocycles. The number of benzene rings is 1. The van der Waals surface area contributed by atoms with Crippen molar-refractivity contribution in [1.82, 2.24) is 29.8 Å². The summed E-state index contributed by atoms with van der Waals surface area (Å²) in [5.41, 5.74) is 9.40. The second kappa shape index (κ2) is 8.75. The zero-order valence-electron chi connectivity index (χ0n) is 19.2. The van der Waals surface area contributed by atoms with Gasteiger partial charge in [-0.15, -0.1) is 0 Å². The molecular formula is C24H24N8O4. The molecule has 0 saturated carbocycles. The molecule has 5 aromatic rings. The molecule has 1 saturated heterocycles. The highest BCUT2D eigenvalue weighted by Gasteiger charge is 2.45. The first-order valence-electron chi connectivity index (χ1n) is 11.4. The van der Waals surface area contributed by atoms with Gasteiger partial charge in [0.05, 0.1) is 16.9 Å². The Morgan fingerprint density at radius 2 is 2.03 bits per heavy atom. The van der Waals surface area contributed by atoms with Crippen LogP contribution in [0.4, 0.5) is 11.6 Å². The lowest BCUT2D eigenvalue weighted by Crippen LogP contribution is -2.34. The third-order valence-electron chi connectivity index (χ3n) is 6.39. The number of anilines is 2. The van der Waals surface area contributed by atoms with Gasteiger partial charge in [-0.3, -0.25) is 5.10 Å². The number of hydrogen-bond acceptors (Lipinski definition) is 10. The van der Waals surface area contributed by atoms with Crippen LogP contribution in [0, 0.1) is 0 Å². The van der Waals surface area contributed by atoms with Gasteiger partial charge >= 0.3 is 0 Å². The van der Waals surface area contributed by atoms with Gasteiger partial charge in [-0.25, -0.2) is 14.5 Å². The van der Waals surface area contributed by atoms with Crippen LogP contribution >= 0.6 is 0 Å². The molecule has 0 bridgehead atoms. The standard InChI is InChI=1S/C24H24N8O4/c1-26-19-5-3-12-2-4-13(8-16(12)30-19)35-10-18-21(33)22(34)23(36-18)17-9-14(15-6-7-28-31-15)20-24(25)27-11-29-32(17)20/h2-9,11,18,21-23,33-34H,10H2,1H3,(H,26,30)(H,28,31)(H2,25,27,29)/t18-,21-,22-,23+/m1/s1. The molecule has 184 valence electrons. The van der Waals surface area contributed by atoms with Gasteiger partial charge in [0.1, 0.15) is 54.4 Å². The van der Waals surface area contributed by atoms with Crippen LogP contribution in [0.5, 0.6) is 5.75 Å². The van der Waals surface area contributed by atoms with E-state index in [2.05, 4.69) is 30.6 Å². The van der Waals surface area contributed by atoms with Crippen LogP contribution in [0.3, 0.4) is 0 Å². The van der Waals surface area contributed by atoms with Crippen molar-refractivity contribution in [2.75, 3.05) is 24.7 Å². The second-order valence-corrected chi connectivity index (χ2v) is 8.55. The van der Waals surface area contributed by atoms with Crippen LogP contribution in [0.25, 0.3) is 27.7 Å². The minimum Gasteiger partial charge on any atom is -0.491 e. The van der Waals surface area contributed by atoms with Gasteiger partial charge in [-0.05, 0) is 36.4 Å². The highest BCUT2D eigenvalue weighted by atomic mass is 16.6. The van der Waals surface area contributed by atoms with Crippen molar-refractivity contribution >= 4 is 28.1 Å². The molecule has 5 heterocycles. The van der Waals surface area contributed by atoms with Crippen molar-refractivity contribution in [3.63, 3.8) is 0 Å². The predicted octanol–water partition coefficient (Wildman–Crippen LogP) is 1.53. The molecule has 1 aliphatic rings. The van der Waals surface area contributed by atoms with Crippen molar-refractivity contribution in [3.05, 3.63) is 60.7 Å². The highest BCUT2D eigenvalue weighted by Crippen LogP contribution is 2.38. The van der Waals surface area contributed by atoms with E-state index in [4.69, 9.17) is 15.2 Å². The Hall–Kier alpha value is -4.26. The van der Waals surface area contributed by atoms with E-state index in [9.17, 15) is 10.2 Å². The first kappa shape index (κ1) is 22.2. The number of aromatic nitrogens is 6. The van der Waals surface area contributed by atoms with Gasteiger partial charge in [-0.1, -0.05) is 0 Å². The fourth-order valence-electron chi connectivity index (χ4n) is 4.54. The molecule has 1 aliphatic heterocycles. The second-order valence-electron chi connectivity index (χ2n) is 8.55. The van der Waals surface area contributed by atoms with Crippen molar-refractivity contribution in [2.24, 2.45) is 0 Å². The molecule has 0 spiro atoms. The summed E-state index contributed by atoms with van der Waals surface area (Å²) in [6.07, 6.45) is -1.09. The first-order valence-corrected chi connectivity index (χ1v) is 11.4.